The average Bonchev–Trinajstić information content (AvgIpc) is 3.43. The highest BCUT2D eigenvalue weighted by molar-refractivity contribution is 7.21. The molecule has 0 saturated heterocycles. The topological polar surface area (TPSA) is 77.1 Å². The first-order valence-electron chi connectivity index (χ1n) is 9.67. The number of rotatable bonds is 5. The standard InChI is InChI=1S/C24H17N3O3S/c28-22-10-3-4-13-27(22)15-18-11-12-20(30-18)23(29)25-17-7-5-6-16(14-17)24-26-19-8-1-2-9-21(19)31-24/h1-14H,15H2,(H,25,29). The van der Waals surface area contributed by atoms with Crippen molar-refractivity contribution in [2.45, 2.75) is 6.54 Å². The number of fused-ring (bicyclic) bond motifs is 1. The molecule has 1 N–H and O–H groups in total. The van der Waals surface area contributed by atoms with E-state index in [1.54, 1.807) is 41.8 Å². The number of benzene rings is 2. The number of thiazole rings is 1. The zero-order valence-electron chi connectivity index (χ0n) is 16.3. The summed E-state index contributed by atoms with van der Waals surface area (Å²) in [5.74, 6) is 0.360. The summed E-state index contributed by atoms with van der Waals surface area (Å²) in [5.41, 5.74) is 2.41. The van der Waals surface area contributed by atoms with E-state index in [4.69, 9.17) is 4.42 Å². The Morgan fingerprint density at radius 1 is 1.00 bits per heavy atom. The lowest BCUT2D eigenvalue weighted by Gasteiger charge is -2.05. The van der Waals surface area contributed by atoms with Crippen LogP contribution in [0.4, 0.5) is 5.69 Å². The molecular formula is C24H17N3O3S. The smallest absolute Gasteiger partial charge is 0.291 e. The molecule has 2 aromatic carbocycles. The highest BCUT2D eigenvalue weighted by Crippen LogP contribution is 2.31. The summed E-state index contributed by atoms with van der Waals surface area (Å²) < 4.78 is 8.28. The number of pyridine rings is 1. The second-order valence-corrected chi connectivity index (χ2v) is 7.99. The van der Waals surface area contributed by atoms with Gasteiger partial charge in [0.1, 0.15) is 10.8 Å². The minimum atomic E-state index is -0.354. The summed E-state index contributed by atoms with van der Waals surface area (Å²) in [6, 6.07) is 23.8. The van der Waals surface area contributed by atoms with Crippen LogP contribution in [-0.4, -0.2) is 15.5 Å². The summed E-state index contributed by atoms with van der Waals surface area (Å²) in [6.07, 6.45) is 1.68. The number of carbonyl (C=O) groups excluding carboxylic acids is 1. The fourth-order valence-electron chi connectivity index (χ4n) is 3.26. The fourth-order valence-corrected chi connectivity index (χ4v) is 4.22. The maximum atomic E-state index is 12.6. The molecule has 0 bridgehead atoms. The van der Waals surface area contributed by atoms with Crippen LogP contribution in [0.3, 0.4) is 0 Å². The van der Waals surface area contributed by atoms with Gasteiger partial charge in [0.15, 0.2) is 5.76 Å². The molecule has 7 heteroatoms. The van der Waals surface area contributed by atoms with Gasteiger partial charge in [0, 0.05) is 23.5 Å². The second-order valence-electron chi connectivity index (χ2n) is 6.95. The van der Waals surface area contributed by atoms with E-state index in [0.29, 0.717) is 11.4 Å². The first-order valence-corrected chi connectivity index (χ1v) is 10.5. The van der Waals surface area contributed by atoms with Crippen molar-refractivity contribution >= 4 is 33.1 Å². The van der Waals surface area contributed by atoms with Crippen LogP contribution < -0.4 is 10.9 Å². The molecular weight excluding hydrogens is 410 g/mol. The first-order chi connectivity index (χ1) is 15.2. The summed E-state index contributed by atoms with van der Waals surface area (Å²) in [7, 11) is 0. The van der Waals surface area contributed by atoms with Gasteiger partial charge < -0.3 is 14.3 Å². The van der Waals surface area contributed by atoms with Crippen molar-refractivity contribution in [2.24, 2.45) is 0 Å². The van der Waals surface area contributed by atoms with Crippen molar-refractivity contribution in [3.8, 4) is 10.6 Å². The lowest BCUT2D eigenvalue weighted by atomic mass is 10.2. The molecule has 0 aliphatic rings. The Bertz CT molecular complexity index is 1410. The fraction of sp³-hybridized carbons (Fsp3) is 0.0417. The average molecular weight is 427 g/mol. The van der Waals surface area contributed by atoms with Crippen molar-refractivity contribution in [3.05, 3.63) is 107 Å². The Balaban J connectivity index is 1.33. The van der Waals surface area contributed by atoms with E-state index in [0.717, 1.165) is 20.8 Å². The molecule has 5 aromatic rings. The molecule has 3 heterocycles. The highest BCUT2D eigenvalue weighted by atomic mass is 32.1. The number of furan rings is 1. The van der Waals surface area contributed by atoms with E-state index >= 15 is 0 Å². The molecule has 31 heavy (non-hydrogen) atoms. The van der Waals surface area contributed by atoms with Gasteiger partial charge in [-0.25, -0.2) is 4.98 Å². The molecule has 0 spiro atoms. The molecule has 3 aromatic heterocycles. The van der Waals surface area contributed by atoms with Crippen LogP contribution in [0.1, 0.15) is 16.3 Å². The molecule has 0 radical (unpaired) electrons. The lowest BCUT2D eigenvalue weighted by molar-refractivity contribution is 0.0995. The SMILES string of the molecule is O=C(Nc1cccc(-c2nc3ccccc3s2)c1)c1ccc(Cn2ccccc2=O)o1. The third kappa shape index (κ3) is 4.04. The van der Waals surface area contributed by atoms with Gasteiger partial charge in [-0.15, -0.1) is 11.3 Å². The third-order valence-corrected chi connectivity index (χ3v) is 5.86. The number of para-hydroxylation sites is 1. The van der Waals surface area contributed by atoms with Gasteiger partial charge in [-0.05, 0) is 42.5 Å². The Hall–Kier alpha value is -3.97. The Morgan fingerprint density at radius 2 is 1.87 bits per heavy atom. The number of carbonyl (C=O) groups is 1. The van der Waals surface area contributed by atoms with E-state index in [9.17, 15) is 9.59 Å². The molecule has 0 atom stereocenters. The van der Waals surface area contributed by atoms with Crippen LogP contribution >= 0.6 is 11.3 Å². The van der Waals surface area contributed by atoms with Gasteiger partial charge >= 0.3 is 0 Å². The van der Waals surface area contributed by atoms with E-state index in [-0.39, 0.29) is 23.8 Å². The number of amides is 1. The zero-order chi connectivity index (χ0) is 21.2. The first kappa shape index (κ1) is 19.0. The Labute approximate surface area is 181 Å². The molecule has 0 unspecified atom stereocenters. The van der Waals surface area contributed by atoms with Crippen molar-refractivity contribution in [1.82, 2.24) is 9.55 Å². The number of anilines is 1. The van der Waals surface area contributed by atoms with E-state index in [1.807, 2.05) is 48.5 Å². The predicted molar refractivity (Wildman–Crippen MR) is 122 cm³/mol. The van der Waals surface area contributed by atoms with Crippen LogP contribution in [0.25, 0.3) is 20.8 Å². The second kappa shape index (κ2) is 8.04. The summed E-state index contributed by atoms with van der Waals surface area (Å²) >= 11 is 1.61. The van der Waals surface area contributed by atoms with Crippen molar-refractivity contribution in [2.75, 3.05) is 5.32 Å². The number of aromatic nitrogens is 2. The lowest BCUT2D eigenvalue weighted by Crippen LogP contribution is -2.18. The molecule has 0 fully saturated rings. The number of nitrogens with one attached hydrogen (secondary N) is 1. The van der Waals surface area contributed by atoms with Crippen LogP contribution in [0.5, 0.6) is 0 Å². The van der Waals surface area contributed by atoms with Crippen LogP contribution in [0.15, 0.2) is 94.3 Å². The van der Waals surface area contributed by atoms with E-state index < -0.39 is 0 Å². The molecule has 1 amide bonds. The number of hydrogen-bond acceptors (Lipinski definition) is 5. The highest BCUT2D eigenvalue weighted by Gasteiger charge is 2.13. The van der Waals surface area contributed by atoms with Crippen LogP contribution in [0.2, 0.25) is 0 Å². The van der Waals surface area contributed by atoms with Gasteiger partial charge in [-0.1, -0.05) is 30.3 Å². The quantitative estimate of drug-likeness (QED) is 0.427. The third-order valence-electron chi connectivity index (χ3n) is 4.77. The van der Waals surface area contributed by atoms with E-state index in [2.05, 4.69) is 10.3 Å². The van der Waals surface area contributed by atoms with Crippen molar-refractivity contribution in [3.63, 3.8) is 0 Å². The number of nitrogens with zero attached hydrogens (tertiary/aromatic N) is 2. The largest absolute Gasteiger partial charge is 0.454 e. The van der Waals surface area contributed by atoms with Gasteiger partial charge in [0.05, 0.1) is 16.8 Å². The maximum Gasteiger partial charge on any atom is 0.291 e. The van der Waals surface area contributed by atoms with Gasteiger partial charge in [-0.2, -0.15) is 0 Å². The Kier molecular flexibility index (Phi) is 4.93. The normalized spacial score (nSPS) is 11.0. The van der Waals surface area contributed by atoms with Crippen molar-refractivity contribution < 1.29 is 9.21 Å². The van der Waals surface area contributed by atoms with Gasteiger partial charge in [0.2, 0.25) is 0 Å². The molecule has 0 aliphatic heterocycles. The number of hydrogen-bond donors (Lipinski definition) is 1. The maximum absolute atomic E-state index is 12.6. The minimum Gasteiger partial charge on any atom is -0.454 e. The minimum absolute atomic E-state index is 0.128. The van der Waals surface area contributed by atoms with Crippen LogP contribution in [0, 0.1) is 0 Å². The molecule has 0 saturated carbocycles. The monoisotopic (exact) mass is 427 g/mol. The summed E-state index contributed by atoms with van der Waals surface area (Å²) in [5, 5.41) is 3.76. The van der Waals surface area contributed by atoms with Gasteiger partial charge in [0.25, 0.3) is 11.5 Å². The van der Waals surface area contributed by atoms with Crippen molar-refractivity contribution in [1.29, 1.82) is 0 Å². The summed E-state index contributed by atoms with van der Waals surface area (Å²) in [4.78, 5) is 29.2. The van der Waals surface area contributed by atoms with Crippen LogP contribution in [-0.2, 0) is 6.54 Å². The Morgan fingerprint density at radius 3 is 2.74 bits per heavy atom. The predicted octanol–water partition coefficient (Wildman–Crippen LogP) is 5.02. The molecule has 152 valence electrons. The summed E-state index contributed by atoms with van der Waals surface area (Å²) in [6.45, 7) is 0.264. The van der Waals surface area contributed by atoms with Gasteiger partial charge in [-0.3, -0.25) is 9.59 Å². The van der Waals surface area contributed by atoms with E-state index in [1.165, 1.54) is 10.6 Å². The molecule has 5 rings (SSSR count). The molecule has 0 aliphatic carbocycles. The zero-order valence-corrected chi connectivity index (χ0v) is 17.1. The molecule has 6 nitrogen and oxygen atoms in total.